The van der Waals surface area contributed by atoms with Gasteiger partial charge in [-0.15, -0.1) is 11.3 Å². The fraction of sp³-hybridized carbons (Fsp3) is 0. The third kappa shape index (κ3) is 2.48. The number of benzene rings is 1. The number of carbonyl (C=O) groups is 1. The van der Waals surface area contributed by atoms with Crippen LogP contribution in [-0.4, -0.2) is 5.78 Å². The minimum atomic E-state index is 0.0300. The van der Waals surface area contributed by atoms with Gasteiger partial charge in [-0.25, -0.2) is 0 Å². The minimum absolute atomic E-state index is 0.0300. The van der Waals surface area contributed by atoms with E-state index >= 15 is 0 Å². The standard InChI is InChI=1S/C11H6BrClOS/c12-8-5-10(15-6-8)11(14)7-1-3-9(13)4-2-7/h1-6H. The highest BCUT2D eigenvalue weighted by atomic mass is 79.9. The van der Waals surface area contributed by atoms with Crippen molar-refractivity contribution in [3.8, 4) is 0 Å². The summed E-state index contributed by atoms with van der Waals surface area (Å²) >= 11 is 10.5. The van der Waals surface area contributed by atoms with E-state index in [-0.39, 0.29) is 5.78 Å². The molecule has 1 heterocycles. The molecule has 4 heteroatoms. The summed E-state index contributed by atoms with van der Waals surface area (Å²) in [6.07, 6.45) is 0. The molecule has 2 aromatic rings. The van der Waals surface area contributed by atoms with Gasteiger partial charge in [0.05, 0.1) is 4.88 Å². The lowest BCUT2D eigenvalue weighted by molar-refractivity contribution is 0.104. The Balaban J connectivity index is 2.32. The van der Waals surface area contributed by atoms with Crippen molar-refractivity contribution in [3.05, 3.63) is 55.6 Å². The number of carbonyl (C=O) groups excluding carboxylic acids is 1. The summed E-state index contributed by atoms with van der Waals surface area (Å²) in [6, 6.07) is 8.73. The first kappa shape index (κ1) is 10.9. The van der Waals surface area contributed by atoms with Crippen LogP contribution in [0.3, 0.4) is 0 Å². The summed E-state index contributed by atoms with van der Waals surface area (Å²) in [5.74, 6) is 0.0300. The number of rotatable bonds is 2. The van der Waals surface area contributed by atoms with Crippen LogP contribution in [0.25, 0.3) is 0 Å². The third-order valence-corrected chi connectivity index (χ3v) is 3.84. The fourth-order valence-corrected chi connectivity index (χ4v) is 2.69. The Bertz CT molecular complexity index is 490. The first-order valence-electron chi connectivity index (χ1n) is 4.21. The van der Waals surface area contributed by atoms with Crippen molar-refractivity contribution in [2.75, 3.05) is 0 Å². The average Bonchev–Trinajstić information content (AvgIpc) is 2.65. The zero-order valence-corrected chi connectivity index (χ0v) is 10.7. The maximum Gasteiger partial charge on any atom is 0.202 e. The Morgan fingerprint density at radius 3 is 2.47 bits per heavy atom. The van der Waals surface area contributed by atoms with E-state index in [1.807, 2.05) is 11.4 Å². The molecule has 0 aliphatic carbocycles. The summed E-state index contributed by atoms with van der Waals surface area (Å²) in [4.78, 5) is 12.6. The largest absolute Gasteiger partial charge is 0.288 e. The van der Waals surface area contributed by atoms with Gasteiger partial charge in [0.15, 0.2) is 0 Å². The molecule has 15 heavy (non-hydrogen) atoms. The van der Waals surface area contributed by atoms with Crippen molar-refractivity contribution in [2.24, 2.45) is 0 Å². The van der Waals surface area contributed by atoms with Crippen LogP contribution in [0.1, 0.15) is 15.2 Å². The molecule has 0 amide bonds. The summed E-state index contributed by atoms with van der Waals surface area (Å²) in [6.45, 7) is 0. The van der Waals surface area contributed by atoms with Crippen LogP contribution in [0.15, 0.2) is 40.2 Å². The van der Waals surface area contributed by atoms with E-state index in [1.54, 1.807) is 24.3 Å². The zero-order valence-electron chi connectivity index (χ0n) is 7.54. The molecule has 0 aliphatic heterocycles. The van der Waals surface area contributed by atoms with Gasteiger partial charge in [0.1, 0.15) is 0 Å². The van der Waals surface area contributed by atoms with E-state index in [9.17, 15) is 4.79 Å². The third-order valence-electron chi connectivity index (χ3n) is 1.90. The molecular formula is C11H6BrClOS. The molecule has 0 atom stereocenters. The molecule has 0 bridgehead atoms. The predicted octanol–water partition coefficient (Wildman–Crippen LogP) is 4.40. The van der Waals surface area contributed by atoms with Gasteiger partial charge in [0.25, 0.3) is 0 Å². The summed E-state index contributed by atoms with van der Waals surface area (Å²) in [5, 5.41) is 2.53. The molecule has 1 aromatic carbocycles. The van der Waals surface area contributed by atoms with Crippen LogP contribution < -0.4 is 0 Å². The minimum Gasteiger partial charge on any atom is -0.288 e. The highest BCUT2D eigenvalue weighted by molar-refractivity contribution is 9.10. The second-order valence-electron chi connectivity index (χ2n) is 2.97. The molecule has 0 spiro atoms. The highest BCUT2D eigenvalue weighted by Crippen LogP contribution is 2.23. The Hall–Kier alpha value is -0.640. The van der Waals surface area contributed by atoms with Crippen LogP contribution in [0.2, 0.25) is 5.02 Å². The molecule has 0 saturated carbocycles. The topological polar surface area (TPSA) is 17.1 Å². The maximum absolute atomic E-state index is 11.9. The monoisotopic (exact) mass is 300 g/mol. The normalized spacial score (nSPS) is 10.3. The van der Waals surface area contributed by atoms with Crippen molar-refractivity contribution >= 4 is 44.7 Å². The average molecular weight is 302 g/mol. The Morgan fingerprint density at radius 1 is 1.27 bits per heavy atom. The van der Waals surface area contributed by atoms with E-state index < -0.39 is 0 Å². The Morgan fingerprint density at radius 2 is 1.93 bits per heavy atom. The van der Waals surface area contributed by atoms with Crippen LogP contribution in [-0.2, 0) is 0 Å². The van der Waals surface area contributed by atoms with Crippen molar-refractivity contribution < 1.29 is 4.79 Å². The number of hydrogen-bond acceptors (Lipinski definition) is 2. The van der Waals surface area contributed by atoms with Crippen molar-refractivity contribution in [3.63, 3.8) is 0 Å². The maximum atomic E-state index is 11.9. The first-order valence-corrected chi connectivity index (χ1v) is 6.26. The molecule has 0 saturated heterocycles. The lowest BCUT2D eigenvalue weighted by Crippen LogP contribution is -1.97. The lowest BCUT2D eigenvalue weighted by Gasteiger charge is -1.97. The van der Waals surface area contributed by atoms with Crippen LogP contribution in [0.5, 0.6) is 0 Å². The predicted molar refractivity (Wildman–Crippen MR) is 66.9 cm³/mol. The quantitative estimate of drug-likeness (QED) is 0.752. The van der Waals surface area contributed by atoms with Gasteiger partial charge < -0.3 is 0 Å². The molecule has 1 aromatic heterocycles. The molecule has 0 radical (unpaired) electrons. The molecule has 1 nitrogen and oxygen atoms in total. The molecular weight excluding hydrogens is 296 g/mol. The van der Waals surface area contributed by atoms with Crippen molar-refractivity contribution in [1.29, 1.82) is 0 Å². The van der Waals surface area contributed by atoms with Gasteiger partial charge in [0, 0.05) is 20.4 Å². The number of hydrogen-bond donors (Lipinski definition) is 0. The van der Waals surface area contributed by atoms with Crippen molar-refractivity contribution in [1.82, 2.24) is 0 Å². The van der Waals surface area contributed by atoms with E-state index in [2.05, 4.69) is 15.9 Å². The molecule has 76 valence electrons. The van der Waals surface area contributed by atoms with Crippen LogP contribution in [0.4, 0.5) is 0 Å². The van der Waals surface area contributed by atoms with E-state index in [1.165, 1.54) is 11.3 Å². The van der Waals surface area contributed by atoms with Crippen LogP contribution >= 0.6 is 38.9 Å². The van der Waals surface area contributed by atoms with E-state index in [0.717, 1.165) is 9.35 Å². The second kappa shape index (κ2) is 4.47. The summed E-state index contributed by atoms with van der Waals surface area (Å²) < 4.78 is 0.935. The molecule has 0 fully saturated rings. The molecule has 0 aliphatic rings. The van der Waals surface area contributed by atoms with Gasteiger partial charge in [-0.2, -0.15) is 0 Å². The van der Waals surface area contributed by atoms with Gasteiger partial charge in [-0.1, -0.05) is 11.6 Å². The van der Waals surface area contributed by atoms with Crippen molar-refractivity contribution in [2.45, 2.75) is 0 Å². The van der Waals surface area contributed by atoms with Gasteiger partial charge in [-0.3, -0.25) is 4.79 Å². The lowest BCUT2D eigenvalue weighted by atomic mass is 10.1. The highest BCUT2D eigenvalue weighted by Gasteiger charge is 2.10. The van der Waals surface area contributed by atoms with Crippen LogP contribution in [0, 0.1) is 0 Å². The SMILES string of the molecule is O=C(c1ccc(Cl)cc1)c1cc(Br)cs1. The Labute approximate surface area is 105 Å². The number of ketones is 1. The van der Waals surface area contributed by atoms with E-state index in [0.29, 0.717) is 10.6 Å². The summed E-state index contributed by atoms with van der Waals surface area (Å²) in [5.41, 5.74) is 0.661. The fourth-order valence-electron chi connectivity index (χ4n) is 1.18. The summed E-state index contributed by atoms with van der Waals surface area (Å²) in [7, 11) is 0. The molecule has 0 N–H and O–H groups in total. The number of thiophene rings is 1. The zero-order chi connectivity index (χ0) is 10.8. The number of halogens is 2. The smallest absolute Gasteiger partial charge is 0.202 e. The second-order valence-corrected chi connectivity index (χ2v) is 5.23. The van der Waals surface area contributed by atoms with Gasteiger partial charge in [0.2, 0.25) is 5.78 Å². The molecule has 2 rings (SSSR count). The van der Waals surface area contributed by atoms with E-state index in [4.69, 9.17) is 11.6 Å². The van der Waals surface area contributed by atoms with Gasteiger partial charge in [-0.05, 0) is 46.3 Å². The Kier molecular flexibility index (Phi) is 3.24. The first-order chi connectivity index (χ1) is 7.16. The molecule has 0 unspecified atom stereocenters. The van der Waals surface area contributed by atoms with Gasteiger partial charge >= 0.3 is 0 Å².